The Kier molecular flexibility index (Phi) is 11.0. The maximum Gasteiger partial charge on any atom is 0.264 e. The van der Waals surface area contributed by atoms with Gasteiger partial charge in [-0.1, -0.05) is 84.6 Å². The highest BCUT2D eigenvalue weighted by Crippen LogP contribution is 2.35. The molecule has 10 heteroatoms. The number of hydrogen-bond acceptors (Lipinski definition) is 4. The van der Waals surface area contributed by atoms with E-state index in [4.69, 9.17) is 23.2 Å². The molecule has 40 heavy (non-hydrogen) atoms. The van der Waals surface area contributed by atoms with Gasteiger partial charge in [0.2, 0.25) is 11.8 Å². The van der Waals surface area contributed by atoms with Crippen LogP contribution in [-0.4, -0.2) is 44.3 Å². The first-order valence-corrected chi connectivity index (χ1v) is 15.3. The van der Waals surface area contributed by atoms with E-state index in [0.717, 1.165) is 33.8 Å². The Morgan fingerprint density at radius 3 is 2.27 bits per heavy atom. The number of unbranched alkanes of at least 4 members (excludes halogenated alkanes) is 1. The van der Waals surface area contributed by atoms with E-state index in [-0.39, 0.29) is 33.1 Å². The number of amides is 2. The summed E-state index contributed by atoms with van der Waals surface area (Å²) >= 11 is 12.7. The first kappa shape index (κ1) is 31.5. The Hall–Kier alpha value is -3.07. The molecule has 0 spiro atoms. The smallest absolute Gasteiger partial charge is 0.264 e. The zero-order chi connectivity index (χ0) is 29.4. The molecular weight excluding hydrogens is 569 g/mol. The molecule has 0 aromatic heterocycles. The zero-order valence-electron chi connectivity index (χ0n) is 23.2. The van der Waals surface area contributed by atoms with Crippen LogP contribution in [0.25, 0.3) is 0 Å². The van der Waals surface area contributed by atoms with E-state index < -0.39 is 28.5 Å². The zero-order valence-corrected chi connectivity index (χ0v) is 25.5. The average molecular weight is 605 g/mol. The number of carbonyl (C=O) groups excluding carboxylic acids is 2. The van der Waals surface area contributed by atoms with Gasteiger partial charge in [-0.25, -0.2) is 8.42 Å². The van der Waals surface area contributed by atoms with E-state index in [1.807, 2.05) is 45.0 Å². The molecular formula is C30H35Cl2N3O4S. The molecule has 0 bridgehead atoms. The molecule has 2 amide bonds. The quantitative estimate of drug-likeness (QED) is 0.252. The monoisotopic (exact) mass is 603 g/mol. The topological polar surface area (TPSA) is 86.8 Å². The molecule has 1 N–H and O–H groups in total. The Labute approximate surface area is 247 Å². The summed E-state index contributed by atoms with van der Waals surface area (Å²) in [6.45, 7) is 7.45. The predicted octanol–water partition coefficient (Wildman–Crippen LogP) is 6.14. The molecule has 3 aromatic rings. The number of nitrogens with one attached hydrogen (secondary N) is 1. The molecule has 3 aromatic carbocycles. The van der Waals surface area contributed by atoms with Crippen molar-refractivity contribution >= 4 is 50.7 Å². The Bertz CT molecular complexity index is 1450. The minimum Gasteiger partial charge on any atom is -0.354 e. The van der Waals surface area contributed by atoms with Crippen LogP contribution in [0.4, 0.5) is 5.69 Å². The Morgan fingerprint density at radius 2 is 1.62 bits per heavy atom. The third kappa shape index (κ3) is 7.56. The number of aryl methyl sites for hydroxylation is 2. The van der Waals surface area contributed by atoms with E-state index in [0.29, 0.717) is 6.54 Å². The van der Waals surface area contributed by atoms with E-state index >= 15 is 0 Å². The van der Waals surface area contributed by atoms with E-state index in [9.17, 15) is 18.0 Å². The van der Waals surface area contributed by atoms with Gasteiger partial charge in [-0.15, -0.1) is 0 Å². The number of benzene rings is 3. The van der Waals surface area contributed by atoms with Gasteiger partial charge in [0.05, 0.1) is 20.6 Å². The number of anilines is 1. The van der Waals surface area contributed by atoms with E-state index in [2.05, 4.69) is 5.32 Å². The highest BCUT2D eigenvalue weighted by molar-refractivity contribution is 7.92. The van der Waals surface area contributed by atoms with Crippen molar-refractivity contribution < 1.29 is 18.0 Å². The van der Waals surface area contributed by atoms with Crippen LogP contribution in [0.1, 0.15) is 43.4 Å². The molecule has 214 valence electrons. The van der Waals surface area contributed by atoms with Crippen molar-refractivity contribution in [3.05, 3.63) is 93.5 Å². The van der Waals surface area contributed by atoms with Gasteiger partial charge >= 0.3 is 0 Å². The number of rotatable bonds is 12. The van der Waals surface area contributed by atoms with Gasteiger partial charge in [0.25, 0.3) is 10.0 Å². The van der Waals surface area contributed by atoms with E-state index in [1.54, 1.807) is 31.2 Å². The molecule has 0 aliphatic carbocycles. The second kappa shape index (κ2) is 14.0. The Balaban J connectivity index is 2.05. The van der Waals surface area contributed by atoms with Crippen molar-refractivity contribution in [2.24, 2.45) is 0 Å². The van der Waals surface area contributed by atoms with Crippen molar-refractivity contribution in [3.8, 4) is 0 Å². The van der Waals surface area contributed by atoms with Crippen molar-refractivity contribution in [2.45, 2.75) is 58.0 Å². The lowest BCUT2D eigenvalue weighted by atomic mass is 10.1. The lowest BCUT2D eigenvalue weighted by Crippen LogP contribution is -2.51. The molecule has 0 aliphatic rings. The molecule has 0 fully saturated rings. The molecule has 0 saturated heterocycles. The summed E-state index contributed by atoms with van der Waals surface area (Å²) in [6.07, 6.45) is 1.72. The minimum absolute atomic E-state index is 0.00208. The molecule has 0 unspecified atom stereocenters. The first-order valence-electron chi connectivity index (χ1n) is 13.1. The van der Waals surface area contributed by atoms with Crippen LogP contribution >= 0.6 is 23.2 Å². The normalized spacial score (nSPS) is 12.1. The van der Waals surface area contributed by atoms with Crippen LogP contribution in [0.2, 0.25) is 10.0 Å². The lowest BCUT2D eigenvalue weighted by Gasteiger charge is -2.32. The number of nitrogens with zero attached hydrogens (tertiary/aromatic N) is 2. The number of carbonyl (C=O) groups is 2. The van der Waals surface area contributed by atoms with Crippen molar-refractivity contribution in [3.63, 3.8) is 0 Å². The first-order chi connectivity index (χ1) is 19.0. The minimum atomic E-state index is -4.24. The summed E-state index contributed by atoms with van der Waals surface area (Å²) in [5.74, 6) is -0.878. The van der Waals surface area contributed by atoms with Gasteiger partial charge in [0.1, 0.15) is 12.6 Å². The van der Waals surface area contributed by atoms with Gasteiger partial charge in [-0.2, -0.15) is 0 Å². The fourth-order valence-electron chi connectivity index (χ4n) is 4.13. The average Bonchev–Trinajstić information content (AvgIpc) is 2.92. The number of hydrogen-bond donors (Lipinski definition) is 1. The van der Waals surface area contributed by atoms with Gasteiger partial charge < -0.3 is 10.2 Å². The summed E-state index contributed by atoms with van der Waals surface area (Å²) in [5, 5.41) is 3.03. The molecule has 3 rings (SSSR count). The van der Waals surface area contributed by atoms with Crippen molar-refractivity contribution in [2.75, 3.05) is 17.4 Å². The molecule has 0 radical (unpaired) electrons. The standard InChI is InChI=1S/C30H35Cl2N3O4S/c1-5-6-18-33-30(37)23(4)34(19-24-11-8-7-10-22(24)3)28(36)20-35(27-13-9-12-26(31)29(27)32)40(38,39)25-16-14-21(2)15-17-25/h7-17,23H,5-6,18-20H2,1-4H3,(H,33,37)/t23-/m1/s1. The maximum absolute atomic E-state index is 14.0. The molecule has 0 heterocycles. The molecule has 0 saturated carbocycles. The van der Waals surface area contributed by atoms with Gasteiger partial charge in [-0.3, -0.25) is 13.9 Å². The predicted molar refractivity (Wildman–Crippen MR) is 161 cm³/mol. The number of halogens is 2. The lowest BCUT2D eigenvalue weighted by molar-refractivity contribution is -0.139. The fourth-order valence-corrected chi connectivity index (χ4v) is 6.00. The maximum atomic E-state index is 14.0. The second-order valence-electron chi connectivity index (χ2n) is 9.67. The summed E-state index contributed by atoms with van der Waals surface area (Å²) in [5.41, 5.74) is 2.74. The SMILES string of the molecule is CCCCNC(=O)[C@@H](C)N(Cc1ccccc1C)C(=O)CN(c1cccc(Cl)c1Cl)S(=O)(=O)c1ccc(C)cc1. The van der Waals surface area contributed by atoms with Crippen LogP contribution in [0.15, 0.2) is 71.6 Å². The van der Waals surface area contributed by atoms with Crippen molar-refractivity contribution in [1.82, 2.24) is 10.2 Å². The third-order valence-electron chi connectivity index (χ3n) is 6.69. The Morgan fingerprint density at radius 1 is 0.950 bits per heavy atom. The van der Waals surface area contributed by atoms with Gasteiger partial charge in [0, 0.05) is 13.1 Å². The van der Waals surface area contributed by atoms with Crippen LogP contribution in [0, 0.1) is 13.8 Å². The summed E-state index contributed by atoms with van der Waals surface area (Å²) in [6, 6.07) is 17.6. The summed E-state index contributed by atoms with van der Waals surface area (Å²) < 4.78 is 28.8. The van der Waals surface area contributed by atoms with Gasteiger partial charge in [-0.05, 0) is 62.6 Å². The van der Waals surface area contributed by atoms with Crippen LogP contribution in [0.5, 0.6) is 0 Å². The van der Waals surface area contributed by atoms with Crippen LogP contribution < -0.4 is 9.62 Å². The second-order valence-corrected chi connectivity index (χ2v) is 12.3. The molecule has 0 aliphatic heterocycles. The highest BCUT2D eigenvalue weighted by Gasteiger charge is 2.33. The van der Waals surface area contributed by atoms with Crippen LogP contribution in [0.3, 0.4) is 0 Å². The fraction of sp³-hybridized carbons (Fsp3) is 0.333. The van der Waals surface area contributed by atoms with E-state index in [1.165, 1.54) is 23.1 Å². The van der Waals surface area contributed by atoms with Crippen LogP contribution in [-0.2, 0) is 26.2 Å². The molecule has 7 nitrogen and oxygen atoms in total. The van der Waals surface area contributed by atoms with Crippen molar-refractivity contribution in [1.29, 1.82) is 0 Å². The third-order valence-corrected chi connectivity index (χ3v) is 9.27. The summed E-state index contributed by atoms with van der Waals surface area (Å²) in [7, 11) is -4.24. The highest BCUT2D eigenvalue weighted by atomic mass is 35.5. The largest absolute Gasteiger partial charge is 0.354 e. The molecule has 1 atom stereocenters. The van der Waals surface area contributed by atoms with Gasteiger partial charge in [0.15, 0.2) is 0 Å². The number of sulfonamides is 1. The summed E-state index contributed by atoms with van der Waals surface area (Å²) in [4.78, 5) is 28.5.